The number of aliphatic carboxylic acids is 1. The molecular formula is C24H28N2O4S. The molecule has 6 nitrogen and oxygen atoms in total. The summed E-state index contributed by atoms with van der Waals surface area (Å²) in [5.74, 6) is -1.14. The maximum Gasteiger partial charge on any atom is 0.323 e. The predicted molar refractivity (Wildman–Crippen MR) is 124 cm³/mol. The molecule has 0 saturated heterocycles. The van der Waals surface area contributed by atoms with Crippen LogP contribution in [-0.4, -0.2) is 47.6 Å². The molecule has 3 rings (SSSR count). The van der Waals surface area contributed by atoms with Gasteiger partial charge in [0.25, 0.3) is 5.91 Å². The fourth-order valence-electron chi connectivity index (χ4n) is 3.54. The number of phenolic OH excluding ortho intramolecular Hbond substituents is 1. The maximum atomic E-state index is 13.2. The standard InChI is InChI=1S/C24H28N2O4S/c1-24(2,3)17-11-15(10-16(22(17)29)13-25(4)5)12-20-23(30)26(14-21(27)28)18-8-6-7-9-19(18)31-20/h6-12,29H,13-14H2,1-5H3,(H,27,28)/b20-12-. The molecule has 1 aliphatic rings. The molecule has 2 N–H and O–H groups in total. The van der Waals surface area contributed by atoms with Crippen LogP contribution in [0.2, 0.25) is 0 Å². The normalized spacial score (nSPS) is 15.5. The van der Waals surface area contributed by atoms with Crippen molar-refractivity contribution in [2.45, 2.75) is 37.6 Å². The lowest BCUT2D eigenvalue weighted by Gasteiger charge is -2.29. The van der Waals surface area contributed by atoms with Gasteiger partial charge in [0.05, 0.1) is 10.6 Å². The van der Waals surface area contributed by atoms with Crippen LogP contribution in [0.1, 0.15) is 37.5 Å². The number of carboxylic acids is 1. The fraction of sp³-hybridized carbons (Fsp3) is 0.333. The van der Waals surface area contributed by atoms with Crippen LogP contribution in [-0.2, 0) is 21.5 Å². The number of aromatic hydroxyl groups is 1. The van der Waals surface area contributed by atoms with Gasteiger partial charge in [-0.05, 0) is 55.4 Å². The van der Waals surface area contributed by atoms with Gasteiger partial charge in [-0.2, -0.15) is 0 Å². The molecule has 0 radical (unpaired) electrons. The predicted octanol–water partition coefficient (Wildman–Crippen LogP) is 4.32. The molecule has 164 valence electrons. The van der Waals surface area contributed by atoms with Crippen molar-refractivity contribution in [3.63, 3.8) is 0 Å². The van der Waals surface area contributed by atoms with E-state index in [9.17, 15) is 19.8 Å². The van der Waals surface area contributed by atoms with Crippen molar-refractivity contribution in [1.82, 2.24) is 4.90 Å². The quantitative estimate of drug-likeness (QED) is 0.674. The SMILES string of the molecule is CN(C)Cc1cc(/C=C2\Sc3ccccc3N(CC(=O)O)C2=O)cc(C(C)(C)C)c1O. The van der Waals surface area contributed by atoms with E-state index < -0.39 is 12.5 Å². The van der Waals surface area contributed by atoms with Gasteiger partial charge in [0.2, 0.25) is 0 Å². The number of nitrogens with zero attached hydrogens (tertiary/aromatic N) is 2. The summed E-state index contributed by atoms with van der Waals surface area (Å²) in [4.78, 5) is 29.1. The van der Waals surface area contributed by atoms with Crippen molar-refractivity contribution in [1.29, 1.82) is 0 Å². The number of carbonyl (C=O) groups is 2. The third-order valence-corrected chi connectivity index (χ3v) is 6.01. The lowest BCUT2D eigenvalue weighted by Crippen LogP contribution is -2.38. The number of carboxylic acid groups (broad SMARTS) is 1. The van der Waals surface area contributed by atoms with Crippen LogP contribution < -0.4 is 4.90 Å². The van der Waals surface area contributed by atoms with Crippen LogP contribution in [0, 0.1) is 0 Å². The first-order valence-electron chi connectivity index (χ1n) is 10.0. The zero-order chi connectivity index (χ0) is 22.9. The van der Waals surface area contributed by atoms with Gasteiger partial charge in [0.15, 0.2) is 0 Å². The second-order valence-corrected chi connectivity index (χ2v) is 10.0. The highest BCUT2D eigenvalue weighted by atomic mass is 32.2. The first-order valence-corrected chi connectivity index (χ1v) is 10.8. The highest BCUT2D eigenvalue weighted by Gasteiger charge is 2.30. The smallest absolute Gasteiger partial charge is 0.323 e. The van der Waals surface area contributed by atoms with E-state index in [0.29, 0.717) is 17.1 Å². The largest absolute Gasteiger partial charge is 0.507 e. The Bertz CT molecular complexity index is 1050. The van der Waals surface area contributed by atoms with E-state index in [-0.39, 0.29) is 17.1 Å². The second kappa shape index (κ2) is 8.77. The van der Waals surface area contributed by atoms with Crippen molar-refractivity contribution in [3.05, 3.63) is 58.0 Å². The number of rotatable bonds is 5. The molecule has 2 aromatic rings. The van der Waals surface area contributed by atoms with Gasteiger partial charge in [0.1, 0.15) is 12.3 Å². The molecule has 1 aliphatic heterocycles. The summed E-state index contributed by atoms with van der Waals surface area (Å²) in [5.41, 5.74) is 2.69. The molecule has 31 heavy (non-hydrogen) atoms. The molecule has 0 unspecified atom stereocenters. The zero-order valence-corrected chi connectivity index (χ0v) is 19.3. The van der Waals surface area contributed by atoms with Gasteiger partial charge in [0, 0.05) is 22.6 Å². The van der Waals surface area contributed by atoms with E-state index in [4.69, 9.17) is 0 Å². The van der Waals surface area contributed by atoms with Crippen LogP contribution in [0.3, 0.4) is 0 Å². The Labute approximate surface area is 187 Å². The zero-order valence-electron chi connectivity index (χ0n) is 18.5. The average Bonchev–Trinajstić information content (AvgIpc) is 2.66. The minimum Gasteiger partial charge on any atom is -0.507 e. The average molecular weight is 441 g/mol. The van der Waals surface area contributed by atoms with Crippen molar-refractivity contribution < 1.29 is 19.8 Å². The monoisotopic (exact) mass is 440 g/mol. The van der Waals surface area contributed by atoms with Gasteiger partial charge in [-0.1, -0.05) is 44.7 Å². The van der Waals surface area contributed by atoms with Crippen LogP contribution in [0.5, 0.6) is 5.75 Å². The molecular weight excluding hydrogens is 412 g/mol. The van der Waals surface area contributed by atoms with E-state index >= 15 is 0 Å². The van der Waals surface area contributed by atoms with Gasteiger partial charge >= 0.3 is 5.97 Å². The molecule has 1 heterocycles. The first-order chi connectivity index (χ1) is 14.5. The van der Waals surface area contributed by atoms with E-state index in [1.54, 1.807) is 18.2 Å². The summed E-state index contributed by atoms with van der Waals surface area (Å²) in [6.45, 7) is 6.25. The topological polar surface area (TPSA) is 81.1 Å². The molecule has 2 aromatic carbocycles. The van der Waals surface area contributed by atoms with Crippen LogP contribution >= 0.6 is 11.8 Å². The summed E-state index contributed by atoms with van der Waals surface area (Å²) >= 11 is 1.33. The summed E-state index contributed by atoms with van der Waals surface area (Å²) in [6.07, 6.45) is 1.78. The third-order valence-electron chi connectivity index (χ3n) is 4.93. The van der Waals surface area contributed by atoms with E-state index in [0.717, 1.165) is 21.6 Å². The number of anilines is 1. The van der Waals surface area contributed by atoms with E-state index in [1.807, 2.05) is 64.0 Å². The summed E-state index contributed by atoms with van der Waals surface area (Å²) in [6, 6.07) is 11.1. The lowest BCUT2D eigenvalue weighted by atomic mass is 9.84. The summed E-state index contributed by atoms with van der Waals surface area (Å²) in [5, 5.41) is 20.1. The van der Waals surface area contributed by atoms with Crippen LogP contribution in [0.15, 0.2) is 46.2 Å². The number of fused-ring (bicyclic) bond motifs is 1. The van der Waals surface area contributed by atoms with Gasteiger partial charge in [-0.25, -0.2) is 0 Å². The Morgan fingerprint density at radius 1 is 1.19 bits per heavy atom. The molecule has 0 aliphatic carbocycles. The number of phenols is 1. The van der Waals surface area contributed by atoms with E-state index in [2.05, 4.69) is 0 Å². The summed E-state index contributed by atoms with van der Waals surface area (Å²) in [7, 11) is 3.87. The van der Waals surface area contributed by atoms with Crippen LogP contribution in [0.25, 0.3) is 6.08 Å². The lowest BCUT2D eigenvalue weighted by molar-refractivity contribution is -0.136. The molecule has 0 bridgehead atoms. The summed E-state index contributed by atoms with van der Waals surface area (Å²) < 4.78 is 0. The maximum absolute atomic E-state index is 13.2. The van der Waals surface area contributed by atoms with Gasteiger partial charge in [-0.3, -0.25) is 14.5 Å². The number of carbonyl (C=O) groups excluding carboxylic acids is 1. The molecule has 0 aromatic heterocycles. The van der Waals surface area contributed by atoms with Crippen LogP contribution in [0.4, 0.5) is 5.69 Å². The van der Waals surface area contributed by atoms with Crippen molar-refractivity contribution in [2.24, 2.45) is 0 Å². The van der Waals surface area contributed by atoms with Gasteiger partial charge in [-0.15, -0.1) is 0 Å². The minimum absolute atomic E-state index is 0.267. The molecule has 7 heteroatoms. The molecule has 1 amide bonds. The number of hydrogen-bond donors (Lipinski definition) is 2. The molecule has 0 fully saturated rings. The number of benzene rings is 2. The van der Waals surface area contributed by atoms with Crippen molar-refractivity contribution in [3.8, 4) is 5.75 Å². The fourth-order valence-corrected chi connectivity index (χ4v) is 4.60. The molecule has 0 saturated carbocycles. The number of thioether (sulfide) groups is 1. The van der Waals surface area contributed by atoms with E-state index in [1.165, 1.54) is 16.7 Å². The van der Waals surface area contributed by atoms with Gasteiger partial charge < -0.3 is 15.1 Å². The Morgan fingerprint density at radius 3 is 2.48 bits per heavy atom. The highest BCUT2D eigenvalue weighted by Crippen LogP contribution is 2.43. The number of amides is 1. The van der Waals surface area contributed by atoms with Crippen molar-refractivity contribution >= 4 is 35.4 Å². The molecule has 0 spiro atoms. The molecule has 0 atom stereocenters. The third kappa shape index (κ3) is 5.11. The second-order valence-electron chi connectivity index (χ2n) is 8.93. The Balaban J connectivity index is 2.12. The Kier molecular flexibility index (Phi) is 6.48. The Hall–Kier alpha value is -2.77. The highest BCUT2D eigenvalue weighted by molar-refractivity contribution is 8.04. The van der Waals surface area contributed by atoms with Crippen molar-refractivity contribution in [2.75, 3.05) is 25.5 Å². The first kappa shape index (κ1) is 22.9. The minimum atomic E-state index is -1.07. The Morgan fingerprint density at radius 2 is 1.87 bits per heavy atom. The number of hydrogen-bond acceptors (Lipinski definition) is 5. The number of para-hydroxylation sites is 1.